The van der Waals surface area contributed by atoms with Crippen LogP contribution in [-0.4, -0.2) is 10.5 Å². The van der Waals surface area contributed by atoms with Crippen LogP contribution in [0.2, 0.25) is 0 Å². The molecule has 3 nitrogen and oxygen atoms in total. The minimum absolute atomic E-state index is 0.293. The third-order valence-corrected chi connectivity index (χ3v) is 4.99. The number of aryl methyl sites for hydroxylation is 1. The van der Waals surface area contributed by atoms with Crippen LogP contribution in [0.3, 0.4) is 0 Å². The molecule has 2 heterocycles. The second-order valence-corrected chi connectivity index (χ2v) is 6.50. The topological polar surface area (TPSA) is 34.4 Å². The Bertz CT molecular complexity index is 904. The van der Waals surface area contributed by atoms with Gasteiger partial charge in [0.05, 0.1) is 10.2 Å². The number of benzene rings is 1. The lowest BCUT2D eigenvalue weighted by Gasteiger charge is -2.00. The van der Waals surface area contributed by atoms with Crippen LogP contribution in [0.25, 0.3) is 16.3 Å². The predicted octanol–water partition coefficient (Wildman–Crippen LogP) is 4.06. The minimum Gasteiger partial charge on any atom is -0.314 e. The van der Waals surface area contributed by atoms with Crippen molar-refractivity contribution in [3.63, 3.8) is 0 Å². The number of thiophene rings is 1. The maximum absolute atomic E-state index is 14.0. The van der Waals surface area contributed by atoms with E-state index in [-0.39, 0.29) is 11.7 Å². The van der Waals surface area contributed by atoms with Gasteiger partial charge in [0.25, 0.3) is 5.91 Å². The van der Waals surface area contributed by atoms with Crippen LogP contribution < -0.4 is 4.80 Å². The Kier molecular flexibility index (Phi) is 4.31. The lowest BCUT2D eigenvalue weighted by molar-refractivity contribution is -0.113. The van der Waals surface area contributed by atoms with Crippen LogP contribution in [0.1, 0.15) is 11.8 Å². The maximum Gasteiger partial charge on any atom is 0.272 e. The summed E-state index contributed by atoms with van der Waals surface area (Å²) in [6.45, 7) is 2.46. The number of aromatic nitrogens is 1. The molecule has 3 rings (SSSR count). The zero-order valence-corrected chi connectivity index (χ0v) is 13.5. The molecule has 0 fully saturated rings. The number of rotatable bonds is 3. The van der Waals surface area contributed by atoms with Crippen molar-refractivity contribution in [1.82, 2.24) is 4.57 Å². The fourth-order valence-electron chi connectivity index (χ4n) is 2.14. The van der Waals surface area contributed by atoms with Crippen molar-refractivity contribution in [2.75, 3.05) is 0 Å². The second kappa shape index (κ2) is 6.37. The first kappa shape index (κ1) is 14.9. The van der Waals surface area contributed by atoms with Crippen molar-refractivity contribution in [1.29, 1.82) is 0 Å². The summed E-state index contributed by atoms with van der Waals surface area (Å²) in [5, 5.41) is 1.95. The Morgan fingerprint density at radius 1 is 1.36 bits per heavy atom. The number of fused-ring (bicyclic) bond motifs is 1. The quantitative estimate of drug-likeness (QED) is 0.666. The van der Waals surface area contributed by atoms with E-state index in [9.17, 15) is 9.18 Å². The lowest BCUT2D eigenvalue weighted by Crippen LogP contribution is -2.15. The van der Waals surface area contributed by atoms with Crippen molar-refractivity contribution in [3.05, 3.63) is 57.3 Å². The number of halogens is 1. The number of carbonyl (C=O) groups excluding carboxylic acids is 1. The van der Waals surface area contributed by atoms with Gasteiger partial charge in [0.2, 0.25) is 0 Å². The molecule has 1 aromatic carbocycles. The molecule has 6 heteroatoms. The first-order valence-electron chi connectivity index (χ1n) is 6.77. The summed E-state index contributed by atoms with van der Waals surface area (Å²) in [4.78, 5) is 17.6. The molecule has 3 aromatic rings. The van der Waals surface area contributed by atoms with Crippen LogP contribution in [-0.2, 0) is 11.3 Å². The molecular formula is C16H13FN2OS2. The highest BCUT2D eigenvalue weighted by Gasteiger charge is 2.09. The Balaban J connectivity index is 2.02. The van der Waals surface area contributed by atoms with Gasteiger partial charge in [-0.05, 0) is 36.6 Å². The first-order valence-corrected chi connectivity index (χ1v) is 8.47. The van der Waals surface area contributed by atoms with Gasteiger partial charge in [0, 0.05) is 17.5 Å². The van der Waals surface area contributed by atoms with Gasteiger partial charge < -0.3 is 4.57 Å². The smallest absolute Gasteiger partial charge is 0.272 e. The fraction of sp³-hybridized carbons (Fsp3) is 0.125. The standard InChI is InChI=1S/C16H13FN2OS2/c1-2-19-15-12(17)6-3-7-13(15)22-16(19)18-14(20)9-8-11-5-4-10-21-11/h3-10H,2H2,1H3. The van der Waals surface area contributed by atoms with Gasteiger partial charge in [-0.15, -0.1) is 11.3 Å². The van der Waals surface area contributed by atoms with Crippen LogP contribution in [0.4, 0.5) is 4.39 Å². The van der Waals surface area contributed by atoms with E-state index in [2.05, 4.69) is 4.99 Å². The number of hydrogen-bond acceptors (Lipinski definition) is 3. The highest BCUT2D eigenvalue weighted by atomic mass is 32.1. The Labute approximate surface area is 134 Å². The van der Waals surface area contributed by atoms with Crippen molar-refractivity contribution in [3.8, 4) is 0 Å². The van der Waals surface area contributed by atoms with E-state index in [4.69, 9.17) is 0 Å². The molecule has 0 spiro atoms. The van der Waals surface area contributed by atoms with Gasteiger partial charge in [-0.3, -0.25) is 4.79 Å². The molecule has 0 radical (unpaired) electrons. The van der Waals surface area contributed by atoms with E-state index < -0.39 is 0 Å². The Morgan fingerprint density at radius 2 is 2.23 bits per heavy atom. The summed E-state index contributed by atoms with van der Waals surface area (Å²) < 4.78 is 16.5. The summed E-state index contributed by atoms with van der Waals surface area (Å²) >= 11 is 2.87. The summed E-state index contributed by atoms with van der Waals surface area (Å²) in [7, 11) is 0. The van der Waals surface area contributed by atoms with Crippen LogP contribution >= 0.6 is 22.7 Å². The monoisotopic (exact) mass is 332 g/mol. The molecule has 0 bridgehead atoms. The zero-order chi connectivity index (χ0) is 15.5. The molecule has 0 aliphatic heterocycles. The number of para-hydroxylation sites is 1. The van der Waals surface area contributed by atoms with E-state index in [1.54, 1.807) is 28.0 Å². The zero-order valence-electron chi connectivity index (χ0n) is 11.8. The molecule has 22 heavy (non-hydrogen) atoms. The van der Waals surface area contributed by atoms with Crippen molar-refractivity contribution >= 4 is 44.9 Å². The average Bonchev–Trinajstić information content (AvgIpc) is 3.12. The Morgan fingerprint density at radius 3 is 2.95 bits per heavy atom. The van der Waals surface area contributed by atoms with Crippen molar-refractivity contribution in [2.24, 2.45) is 4.99 Å². The average molecular weight is 332 g/mol. The third-order valence-electron chi connectivity index (χ3n) is 3.11. The molecule has 1 amide bonds. The van der Waals surface area contributed by atoms with Crippen LogP contribution in [0.15, 0.2) is 46.8 Å². The van der Waals surface area contributed by atoms with Gasteiger partial charge in [0.15, 0.2) is 4.80 Å². The molecular weight excluding hydrogens is 319 g/mol. The Hall–Kier alpha value is -2.05. The van der Waals surface area contributed by atoms with Gasteiger partial charge in [-0.2, -0.15) is 4.99 Å². The largest absolute Gasteiger partial charge is 0.314 e. The summed E-state index contributed by atoms with van der Waals surface area (Å²) in [6, 6.07) is 8.77. The minimum atomic E-state index is -0.345. The third kappa shape index (κ3) is 2.93. The molecule has 0 saturated heterocycles. The van der Waals surface area contributed by atoms with E-state index in [1.807, 2.05) is 30.5 Å². The van der Waals surface area contributed by atoms with E-state index in [0.29, 0.717) is 16.9 Å². The van der Waals surface area contributed by atoms with Crippen molar-refractivity contribution < 1.29 is 9.18 Å². The SMILES string of the molecule is CCn1c(=NC(=O)C=Cc2cccs2)sc2cccc(F)c21. The number of carbonyl (C=O) groups is 1. The summed E-state index contributed by atoms with van der Waals surface area (Å²) in [5.41, 5.74) is 0.504. The van der Waals surface area contributed by atoms with Crippen LogP contribution in [0.5, 0.6) is 0 Å². The van der Waals surface area contributed by atoms with Crippen molar-refractivity contribution in [2.45, 2.75) is 13.5 Å². The highest BCUT2D eigenvalue weighted by Crippen LogP contribution is 2.20. The molecule has 0 saturated carbocycles. The van der Waals surface area contributed by atoms with E-state index in [0.717, 1.165) is 9.58 Å². The number of thiazole rings is 1. The molecule has 0 N–H and O–H groups in total. The van der Waals surface area contributed by atoms with E-state index >= 15 is 0 Å². The highest BCUT2D eigenvalue weighted by molar-refractivity contribution is 7.16. The molecule has 112 valence electrons. The molecule has 2 aromatic heterocycles. The number of nitrogens with zero attached hydrogens (tertiary/aromatic N) is 2. The second-order valence-electron chi connectivity index (χ2n) is 4.51. The van der Waals surface area contributed by atoms with E-state index in [1.165, 1.54) is 23.5 Å². The van der Waals surface area contributed by atoms with Gasteiger partial charge in [-0.1, -0.05) is 23.5 Å². The van der Waals surface area contributed by atoms with Gasteiger partial charge in [0.1, 0.15) is 5.82 Å². The number of hydrogen-bond donors (Lipinski definition) is 0. The maximum atomic E-state index is 14.0. The molecule has 0 aliphatic rings. The molecule has 0 atom stereocenters. The predicted molar refractivity (Wildman–Crippen MR) is 89.4 cm³/mol. The summed E-state index contributed by atoms with van der Waals surface area (Å²) in [5.74, 6) is -0.638. The molecule has 0 aliphatic carbocycles. The van der Waals surface area contributed by atoms with Gasteiger partial charge in [-0.25, -0.2) is 4.39 Å². The van der Waals surface area contributed by atoms with Crippen LogP contribution in [0, 0.1) is 5.82 Å². The normalized spacial score (nSPS) is 12.5. The van der Waals surface area contributed by atoms with Gasteiger partial charge >= 0.3 is 0 Å². The number of amides is 1. The summed E-state index contributed by atoms with van der Waals surface area (Å²) in [6.07, 6.45) is 3.17. The first-order chi connectivity index (χ1) is 10.7. The molecule has 0 unspecified atom stereocenters. The fourth-order valence-corrected chi connectivity index (χ4v) is 3.87. The lowest BCUT2D eigenvalue weighted by atomic mass is 10.3.